The first-order chi connectivity index (χ1) is 12.6. The van der Waals surface area contributed by atoms with Crippen molar-refractivity contribution in [3.05, 3.63) is 54.6 Å². The molecule has 26 heavy (non-hydrogen) atoms. The molecule has 3 aromatic rings. The van der Waals surface area contributed by atoms with Gasteiger partial charge in [0, 0.05) is 17.3 Å². The summed E-state index contributed by atoms with van der Waals surface area (Å²) in [5.41, 5.74) is 2.89. The van der Waals surface area contributed by atoms with E-state index in [2.05, 4.69) is 20.8 Å². The predicted octanol–water partition coefficient (Wildman–Crippen LogP) is 4.76. The quantitative estimate of drug-likeness (QED) is 0.575. The number of thioether (sulfide) groups is 1. The van der Waals surface area contributed by atoms with Crippen molar-refractivity contribution in [2.75, 3.05) is 16.4 Å². The van der Waals surface area contributed by atoms with Gasteiger partial charge in [-0.2, -0.15) is 0 Å². The molecular weight excluding hydrogens is 364 g/mol. The van der Waals surface area contributed by atoms with Crippen LogP contribution in [0.2, 0.25) is 0 Å². The van der Waals surface area contributed by atoms with E-state index >= 15 is 0 Å². The van der Waals surface area contributed by atoms with Crippen molar-refractivity contribution in [2.45, 2.75) is 24.2 Å². The number of anilines is 2. The molecule has 0 aliphatic carbocycles. The highest BCUT2D eigenvalue weighted by molar-refractivity contribution is 8.01. The standard InChI is InChI=1S/C19H20N4OS2/c1-13(2)20-18-22-23-19(26-18)25-12-17(24)21-16-11-7-6-10-15(16)14-8-4-3-5-9-14/h3-11,13H,12H2,1-2H3,(H,20,22)(H,21,24). The Morgan fingerprint density at radius 2 is 1.81 bits per heavy atom. The first-order valence-corrected chi connectivity index (χ1v) is 10.1. The van der Waals surface area contributed by atoms with Gasteiger partial charge in [0.2, 0.25) is 11.0 Å². The van der Waals surface area contributed by atoms with E-state index in [4.69, 9.17) is 0 Å². The van der Waals surface area contributed by atoms with Crippen molar-refractivity contribution >= 4 is 39.8 Å². The minimum atomic E-state index is -0.0630. The average Bonchev–Trinajstić information content (AvgIpc) is 3.08. The minimum Gasteiger partial charge on any atom is -0.358 e. The summed E-state index contributed by atoms with van der Waals surface area (Å²) >= 11 is 2.85. The van der Waals surface area contributed by atoms with E-state index in [0.29, 0.717) is 11.8 Å². The zero-order valence-corrected chi connectivity index (χ0v) is 16.2. The Morgan fingerprint density at radius 1 is 1.08 bits per heavy atom. The molecule has 1 aromatic heterocycles. The van der Waals surface area contributed by atoms with Crippen molar-refractivity contribution in [3.8, 4) is 11.1 Å². The van der Waals surface area contributed by atoms with Crippen LogP contribution in [0.5, 0.6) is 0 Å². The molecule has 7 heteroatoms. The second-order valence-corrected chi connectivity index (χ2v) is 8.12. The number of para-hydroxylation sites is 1. The Hall–Kier alpha value is -2.38. The van der Waals surface area contributed by atoms with E-state index in [0.717, 1.165) is 26.3 Å². The van der Waals surface area contributed by atoms with Gasteiger partial charge in [0.25, 0.3) is 0 Å². The summed E-state index contributed by atoms with van der Waals surface area (Å²) in [5.74, 6) is 0.228. The lowest BCUT2D eigenvalue weighted by Gasteiger charge is -2.10. The highest BCUT2D eigenvalue weighted by atomic mass is 32.2. The Bertz CT molecular complexity index is 865. The average molecular weight is 385 g/mol. The number of benzene rings is 2. The van der Waals surface area contributed by atoms with Gasteiger partial charge in [-0.3, -0.25) is 4.79 Å². The lowest BCUT2D eigenvalue weighted by molar-refractivity contribution is -0.113. The van der Waals surface area contributed by atoms with Crippen LogP contribution in [0.15, 0.2) is 58.9 Å². The van der Waals surface area contributed by atoms with Gasteiger partial charge in [0.1, 0.15) is 0 Å². The molecule has 0 aliphatic rings. The number of nitrogens with zero attached hydrogens (tertiary/aromatic N) is 2. The molecule has 0 unspecified atom stereocenters. The molecule has 0 saturated carbocycles. The molecular formula is C19H20N4OS2. The first-order valence-electron chi connectivity index (χ1n) is 8.29. The number of aromatic nitrogens is 2. The number of carbonyl (C=O) groups excluding carboxylic acids is 1. The molecule has 0 fully saturated rings. The monoisotopic (exact) mass is 384 g/mol. The maximum atomic E-state index is 12.4. The third-order valence-electron chi connectivity index (χ3n) is 3.43. The van der Waals surface area contributed by atoms with Gasteiger partial charge < -0.3 is 10.6 Å². The topological polar surface area (TPSA) is 66.9 Å². The molecule has 0 radical (unpaired) electrons. The van der Waals surface area contributed by atoms with Crippen LogP contribution in [0.4, 0.5) is 10.8 Å². The molecule has 0 bridgehead atoms. The molecule has 134 valence electrons. The summed E-state index contributed by atoms with van der Waals surface area (Å²) in [6.07, 6.45) is 0. The molecule has 0 atom stereocenters. The highest BCUT2D eigenvalue weighted by Crippen LogP contribution is 2.29. The molecule has 5 nitrogen and oxygen atoms in total. The predicted molar refractivity (Wildman–Crippen MR) is 110 cm³/mol. The van der Waals surface area contributed by atoms with Crippen LogP contribution in [0, 0.1) is 0 Å². The fourth-order valence-corrected chi connectivity index (χ4v) is 4.05. The number of rotatable bonds is 7. The van der Waals surface area contributed by atoms with Gasteiger partial charge >= 0.3 is 0 Å². The molecule has 1 heterocycles. The second kappa shape index (κ2) is 8.82. The van der Waals surface area contributed by atoms with Crippen molar-refractivity contribution in [1.82, 2.24) is 10.2 Å². The van der Waals surface area contributed by atoms with E-state index in [9.17, 15) is 4.79 Å². The van der Waals surface area contributed by atoms with E-state index < -0.39 is 0 Å². The maximum absolute atomic E-state index is 12.4. The molecule has 3 rings (SSSR count). The van der Waals surface area contributed by atoms with E-state index in [1.807, 2.05) is 68.4 Å². The van der Waals surface area contributed by atoms with E-state index in [1.165, 1.54) is 23.1 Å². The van der Waals surface area contributed by atoms with Gasteiger partial charge in [-0.15, -0.1) is 10.2 Å². The summed E-state index contributed by atoms with van der Waals surface area (Å²) in [7, 11) is 0. The number of carbonyl (C=O) groups is 1. The summed E-state index contributed by atoms with van der Waals surface area (Å²) in [6.45, 7) is 4.09. The summed E-state index contributed by atoms with van der Waals surface area (Å²) in [5, 5.41) is 15.2. The number of nitrogens with one attached hydrogen (secondary N) is 2. The van der Waals surface area contributed by atoms with Crippen molar-refractivity contribution in [3.63, 3.8) is 0 Å². The van der Waals surface area contributed by atoms with Crippen molar-refractivity contribution in [2.24, 2.45) is 0 Å². The molecule has 0 aliphatic heterocycles. The normalized spacial score (nSPS) is 10.7. The summed E-state index contributed by atoms with van der Waals surface area (Å²) in [6, 6.07) is 18.1. The summed E-state index contributed by atoms with van der Waals surface area (Å²) in [4.78, 5) is 12.4. The van der Waals surface area contributed by atoms with Crippen molar-refractivity contribution < 1.29 is 4.79 Å². The molecule has 2 N–H and O–H groups in total. The van der Waals surface area contributed by atoms with Crippen LogP contribution in [-0.4, -0.2) is 27.9 Å². The third-order valence-corrected chi connectivity index (χ3v) is 5.42. The fraction of sp³-hybridized carbons (Fsp3) is 0.211. The minimum absolute atomic E-state index is 0.0630. The maximum Gasteiger partial charge on any atom is 0.234 e. The highest BCUT2D eigenvalue weighted by Gasteiger charge is 2.11. The van der Waals surface area contributed by atoms with Gasteiger partial charge in [0.05, 0.1) is 5.75 Å². The van der Waals surface area contributed by atoms with Gasteiger partial charge in [-0.05, 0) is 25.5 Å². The van der Waals surface area contributed by atoms with Crippen LogP contribution in [0.1, 0.15) is 13.8 Å². The van der Waals surface area contributed by atoms with Crippen LogP contribution in [-0.2, 0) is 4.79 Å². The van der Waals surface area contributed by atoms with Crippen LogP contribution >= 0.6 is 23.1 Å². The first kappa shape index (κ1) is 18.4. The van der Waals surface area contributed by atoms with E-state index in [1.54, 1.807) is 0 Å². The molecule has 0 spiro atoms. The van der Waals surface area contributed by atoms with Crippen molar-refractivity contribution in [1.29, 1.82) is 0 Å². The molecule has 2 aromatic carbocycles. The SMILES string of the molecule is CC(C)Nc1nnc(SCC(=O)Nc2ccccc2-c2ccccc2)s1. The zero-order valence-electron chi connectivity index (χ0n) is 14.6. The van der Waals surface area contributed by atoms with Crippen LogP contribution in [0.3, 0.4) is 0 Å². The largest absolute Gasteiger partial charge is 0.358 e. The Balaban J connectivity index is 1.61. The Kier molecular flexibility index (Phi) is 6.25. The van der Waals surface area contributed by atoms with Gasteiger partial charge in [0.15, 0.2) is 4.34 Å². The number of amides is 1. The Morgan fingerprint density at radius 3 is 2.58 bits per heavy atom. The van der Waals surface area contributed by atoms with Gasteiger partial charge in [-0.1, -0.05) is 71.6 Å². The number of hydrogen-bond acceptors (Lipinski definition) is 6. The zero-order chi connectivity index (χ0) is 18.4. The smallest absolute Gasteiger partial charge is 0.234 e. The summed E-state index contributed by atoms with van der Waals surface area (Å²) < 4.78 is 0.777. The van der Waals surface area contributed by atoms with Crippen LogP contribution in [0.25, 0.3) is 11.1 Å². The molecule has 0 saturated heterocycles. The lowest BCUT2D eigenvalue weighted by Crippen LogP contribution is -2.14. The fourth-order valence-electron chi connectivity index (χ4n) is 2.35. The second-order valence-electron chi connectivity index (χ2n) is 5.92. The Labute approximate surface area is 161 Å². The van der Waals surface area contributed by atoms with Gasteiger partial charge in [-0.25, -0.2) is 0 Å². The van der Waals surface area contributed by atoms with Crippen LogP contribution < -0.4 is 10.6 Å². The number of hydrogen-bond donors (Lipinski definition) is 2. The molecule has 1 amide bonds. The third kappa shape index (κ3) is 5.06. The van der Waals surface area contributed by atoms with E-state index in [-0.39, 0.29) is 5.91 Å². The lowest BCUT2D eigenvalue weighted by atomic mass is 10.0.